The topological polar surface area (TPSA) is 125 Å². The fraction of sp³-hybridized carbons (Fsp3) is 0.560. The summed E-state index contributed by atoms with van der Waals surface area (Å²) < 4.78 is 12.2. The Morgan fingerprint density at radius 2 is 2.03 bits per heavy atom. The third-order valence-electron chi connectivity index (χ3n) is 5.91. The summed E-state index contributed by atoms with van der Waals surface area (Å²) in [6.07, 6.45) is 4.20. The first kappa shape index (κ1) is 29.1. The van der Waals surface area contributed by atoms with E-state index < -0.39 is 24.2 Å². The molecule has 3 unspecified atom stereocenters. The summed E-state index contributed by atoms with van der Waals surface area (Å²) in [4.78, 5) is 38.2. The number of amides is 2. The molecule has 0 bridgehead atoms. The van der Waals surface area contributed by atoms with Gasteiger partial charge >= 0.3 is 0 Å². The van der Waals surface area contributed by atoms with Crippen molar-refractivity contribution in [2.24, 2.45) is 0 Å². The summed E-state index contributed by atoms with van der Waals surface area (Å²) in [7, 11) is 1.45. The van der Waals surface area contributed by atoms with Crippen LogP contribution in [0.25, 0.3) is 0 Å². The lowest BCUT2D eigenvalue weighted by atomic mass is 9.88. The zero-order valence-corrected chi connectivity index (χ0v) is 22.6. The molecule has 0 heterocycles. The number of nitrogens with zero attached hydrogens (tertiary/aromatic N) is 1. The molecule has 2 rings (SSSR count). The maximum atomic E-state index is 12.8. The highest BCUT2D eigenvalue weighted by molar-refractivity contribution is 14.1. The molecule has 9 nitrogen and oxygen atoms in total. The highest BCUT2D eigenvalue weighted by Gasteiger charge is 2.40. The van der Waals surface area contributed by atoms with E-state index in [0.717, 1.165) is 25.7 Å². The molecule has 3 N–H and O–H groups in total. The summed E-state index contributed by atoms with van der Waals surface area (Å²) in [5, 5.41) is 23.0. The van der Waals surface area contributed by atoms with E-state index in [1.165, 1.54) is 20.1 Å². The normalized spacial score (nSPS) is 19.5. The monoisotopic (exact) mass is 602 g/mol. The molecule has 1 aromatic rings. The van der Waals surface area contributed by atoms with Gasteiger partial charge in [-0.15, -0.1) is 0 Å². The van der Waals surface area contributed by atoms with Gasteiger partial charge in [-0.25, -0.2) is 0 Å². The molecule has 0 spiro atoms. The van der Waals surface area contributed by atoms with E-state index in [4.69, 9.17) is 14.6 Å². The average Bonchev–Trinajstić information content (AvgIpc) is 2.84. The van der Waals surface area contributed by atoms with Crippen LogP contribution in [0.2, 0.25) is 0 Å². The van der Waals surface area contributed by atoms with Crippen LogP contribution in [-0.4, -0.2) is 78.3 Å². The largest absolute Gasteiger partial charge is 0.493 e. The smallest absolute Gasteiger partial charge is 0.247 e. The van der Waals surface area contributed by atoms with Gasteiger partial charge in [-0.3, -0.25) is 14.4 Å². The lowest BCUT2D eigenvalue weighted by Gasteiger charge is -2.40. The van der Waals surface area contributed by atoms with Gasteiger partial charge in [0, 0.05) is 37.6 Å². The van der Waals surface area contributed by atoms with Gasteiger partial charge in [-0.1, -0.05) is 26.2 Å². The van der Waals surface area contributed by atoms with Crippen molar-refractivity contribution in [2.75, 3.05) is 26.8 Å². The van der Waals surface area contributed by atoms with Crippen molar-refractivity contribution in [2.45, 2.75) is 64.2 Å². The fourth-order valence-electron chi connectivity index (χ4n) is 4.10. The molecule has 0 aromatic heterocycles. The molecule has 1 aliphatic rings. The Morgan fingerprint density at radius 3 is 2.63 bits per heavy atom. The van der Waals surface area contributed by atoms with Crippen molar-refractivity contribution in [1.82, 2.24) is 10.2 Å². The number of carbonyl (C=O) groups is 3. The van der Waals surface area contributed by atoms with Gasteiger partial charge in [0.1, 0.15) is 18.5 Å². The lowest BCUT2D eigenvalue weighted by Crippen LogP contribution is -2.55. The Bertz CT molecular complexity index is 921. The van der Waals surface area contributed by atoms with Crippen molar-refractivity contribution < 1.29 is 34.1 Å². The Morgan fingerprint density at radius 1 is 1.29 bits per heavy atom. The van der Waals surface area contributed by atoms with E-state index in [0.29, 0.717) is 39.0 Å². The fourth-order valence-corrected chi connectivity index (χ4v) is 4.86. The number of hydrogen-bond acceptors (Lipinski definition) is 7. The summed E-state index contributed by atoms with van der Waals surface area (Å²) in [5.41, 5.74) is 0.771. The molecule has 1 aliphatic carbocycles. The van der Waals surface area contributed by atoms with Gasteiger partial charge < -0.3 is 29.9 Å². The predicted molar refractivity (Wildman–Crippen MR) is 140 cm³/mol. The van der Waals surface area contributed by atoms with Crippen LogP contribution < -0.4 is 14.8 Å². The van der Waals surface area contributed by atoms with E-state index in [9.17, 15) is 19.5 Å². The molecule has 3 atom stereocenters. The number of ether oxygens (including phenoxy) is 2. The van der Waals surface area contributed by atoms with Gasteiger partial charge in [-0.2, -0.15) is 0 Å². The highest BCUT2D eigenvalue weighted by Crippen LogP contribution is 2.37. The maximum absolute atomic E-state index is 12.8. The first-order valence-electron chi connectivity index (χ1n) is 11.8. The Kier molecular flexibility index (Phi) is 12.0. The van der Waals surface area contributed by atoms with Gasteiger partial charge in [-0.05, 0) is 47.2 Å². The number of hydrogen-bond donors (Lipinski definition) is 3. The number of aldehydes is 1. The molecule has 35 heavy (non-hydrogen) atoms. The average molecular weight is 602 g/mol. The molecule has 1 aromatic carbocycles. The van der Waals surface area contributed by atoms with Crippen LogP contribution >= 0.6 is 22.6 Å². The lowest BCUT2D eigenvalue weighted by molar-refractivity contribution is -0.136. The van der Waals surface area contributed by atoms with E-state index >= 15 is 0 Å². The number of nitrogens with one attached hydrogen (secondary N) is 1. The van der Waals surface area contributed by atoms with Crippen LogP contribution in [0.15, 0.2) is 23.8 Å². The van der Waals surface area contributed by atoms with Crippen LogP contribution in [0, 0.1) is 3.57 Å². The van der Waals surface area contributed by atoms with Crippen molar-refractivity contribution >= 4 is 40.7 Å². The standard InChI is InChI=1S/C25H35IN2O7/c1-4-5-6-7-9-28(16(2)31)20-13-18(25(33)27-8-10-29)14-21(23(20)32)35-24-19(26)11-17(15-30)12-22(24)34-3/h11-12,14-15,20-21,23,29,32H,4-10,13H2,1-3H3,(H,27,33). The molecule has 0 aliphatic heterocycles. The van der Waals surface area contributed by atoms with E-state index in [-0.39, 0.29) is 25.5 Å². The Hall–Kier alpha value is -2.18. The summed E-state index contributed by atoms with van der Waals surface area (Å²) >= 11 is 2.02. The minimum Gasteiger partial charge on any atom is -0.493 e. The molecule has 2 amide bonds. The van der Waals surface area contributed by atoms with Crippen LogP contribution in [0.4, 0.5) is 0 Å². The molecule has 194 valence electrons. The Balaban J connectivity index is 2.41. The van der Waals surface area contributed by atoms with Crippen molar-refractivity contribution in [3.63, 3.8) is 0 Å². The number of aliphatic hydroxyl groups is 2. The highest BCUT2D eigenvalue weighted by atomic mass is 127. The van der Waals surface area contributed by atoms with E-state index in [2.05, 4.69) is 12.2 Å². The number of unbranched alkanes of at least 4 members (excludes halogenated alkanes) is 3. The van der Waals surface area contributed by atoms with Gasteiger partial charge in [0.2, 0.25) is 11.8 Å². The summed E-state index contributed by atoms with van der Waals surface area (Å²) in [6.45, 7) is 3.90. The SMILES string of the molecule is CCCCCCN(C(C)=O)C1CC(C(=O)NCCO)=CC(Oc2c(I)cc(C=O)cc2OC)C1O. The number of benzene rings is 1. The minimum absolute atomic E-state index is 0.0846. The molecule has 0 fully saturated rings. The molecular weight excluding hydrogens is 567 g/mol. The zero-order valence-electron chi connectivity index (χ0n) is 20.5. The van der Waals surface area contributed by atoms with E-state index in [1.807, 2.05) is 22.6 Å². The van der Waals surface area contributed by atoms with Gasteiger partial charge in [0.15, 0.2) is 11.5 Å². The Labute approximate surface area is 220 Å². The van der Waals surface area contributed by atoms with Crippen molar-refractivity contribution in [3.05, 3.63) is 32.9 Å². The van der Waals surface area contributed by atoms with Crippen LogP contribution in [0.1, 0.15) is 56.3 Å². The second-order valence-corrected chi connectivity index (χ2v) is 9.60. The molecular formula is C25H35IN2O7. The van der Waals surface area contributed by atoms with Gasteiger partial charge in [0.25, 0.3) is 0 Å². The molecule has 0 saturated carbocycles. The van der Waals surface area contributed by atoms with Crippen molar-refractivity contribution in [1.29, 1.82) is 0 Å². The number of rotatable bonds is 13. The first-order valence-corrected chi connectivity index (χ1v) is 12.9. The van der Waals surface area contributed by atoms with Crippen LogP contribution in [0.3, 0.4) is 0 Å². The maximum Gasteiger partial charge on any atom is 0.247 e. The predicted octanol–water partition coefficient (Wildman–Crippen LogP) is 2.46. The van der Waals surface area contributed by atoms with Gasteiger partial charge in [0.05, 0.1) is 23.3 Å². The zero-order chi connectivity index (χ0) is 26.0. The summed E-state index contributed by atoms with van der Waals surface area (Å²) in [6, 6.07) is 2.49. The molecule has 0 saturated heterocycles. The van der Waals surface area contributed by atoms with Crippen LogP contribution in [-0.2, 0) is 9.59 Å². The number of carbonyl (C=O) groups excluding carboxylic acids is 3. The number of methoxy groups -OCH3 is 1. The van der Waals surface area contributed by atoms with Crippen LogP contribution in [0.5, 0.6) is 11.5 Å². The molecule has 10 heteroatoms. The minimum atomic E-state index is -1.11. The summed E-state index contributed by atoms with van der Waals surface area (Å²) in [5.74, 6) is 0.0592. The number of aliphatic hydroxyl groups excluding tert-OH is 2. The molecule has 0 radical (unpaired) electrons. The third-order valence-corrected chi connectivity index (χ3v) is 6.71. The number of halogens is 1. The van der Waals surface area contributed by atoms with Crippen molar-refractivity contribution in [3.8, 4) is 11.5 Å². The quantitative estimate of drug-likeness (QED) is 0.180. The third kappa shape index (κ3) is 7.91. The second kappa shape index (κ2) is 14.4. The van der Waals surface area contributed by atoms with E-state index in [1.54, 1.807) is 17.0 Å². The first-order chi connectivity index (χ1) is 16.8. The second-order valence-electron chi connectivity index (χ2n) is 8.44.